The Bertz CT molecular complexity index is 1250. The summed E-state index contributed by atoms with van der Waals surface area (Å²) in [4.78, 5) is 10.1. The SMILES string of the molecule is [C-]#[N+]CN1CCC(c2[nH]nc3cc(-c4cc(C)c5ncnn5c4)c(CC)cc23)CC1. The molecular weight excluding hydrogens is 374 g/mol. The molecule has 0 aliphatic carbocycles. The van der Waals surface area contributed by atoms with Gasteiger partial charge in [0.15, 0.2) is 5.65 Å². The van der Waals surface area contributed by atoms with Crippen molar-refractivity contribution in [1.29, 1.82) is 0 Å². The first-order chi connectivity index (χ1) is 14.7. The standard InChI is InChI=1S/C23H25N7/c1-4-16-10-20-21(27-28-22(20)17-5-7-29(8-6-17)14-24-3)11-19(16)18-9-15(2)23-25-13-26-30(23)12-18/h9-13,17H,4-8,14H2,1-2H3,(H,27,28). The molecule has 1 aliphatic rings. The zero-order valence-electron chi connectivity index (χ0n) is 17.4. The van der Waals surface area contributed by atoms with E-state index in [0.29, 0.717) is 12.6 Å². The van der Waals surface area contributed by atoms with E-state index in [1.807, 2.05) is 4.52 Å². The molecule has 152 valence electrons. The van der Waals surface area contributed by atoms with E-state index >= 15 is 0 Å². The highest BCUT2D eigenvalue weighted by Gasteiger charge is 2.25. The van der Waals surface area contributed by atoms with Gasteiger partial charge in [-0.15, -0.1) is 0 Å². The minimum absolute atomic E-state index is 0.473. The number of pyridine rings is 1. The topological polar surface area (TPSA) is 66.5 Å². The third-order valence-corrected chi connectivity index (χ3v) is 6.33. The van der Waals surface area contributed by atoms with E-state index in [9.17, 15) is 0 Å². The first-order valence-electron chi connectivity index (χ1n) is 10.5. The highest BCUT2D eigenvalue weighted by atomic mass is 15.3. The number of rotatable bonds is 4. The summed E-state index contributed by atoms with van der Waals surface area (Å²) >= 11 is 0. The van der Waals surface area contributed by atoms with Gasteiger partial charge in [-0.25, -0.2) is 21.0 Å². The lowest BCUT2D eigenvalue weighted by Gasteiger charge is -2.28. The molecule has 4 heterocycles. The third-order valence-electron chi connectivity index (χ3n) is 6.33. The molecule has 1 fully saturated rings. The first kappa shape index (κ1) is 18.8. The molecule has 0 radical (unpaired) electrons. The van der Waals surface area contributed by atoms with Gasteiger partial charge in [0.25, 0.3) is 6.67 Å². The van der Waals surface area contributed by atoms with Gasteiger partial charge in [-0.1, -0.05) is 6.92 Å². The molecular formula is C23H25N7. The Balaban J connectivity index is 1.53. The Labute approximate surface area is 175 Å². The van der Waals surface area contributed by atoms with Crippen molar-refractivity contribution < 1.29 is 0 Å². The normalized spacial score (nSPS) is 15.8. The van der Waals surface area contributed by atoms with Crippen LogP contribution in [-0.4, -0.2) is 49.5 Å². The second kappa shape index (κ2) is 7.54. The van der Waals surface area contributed by atoms with Gasteiger partial charge in [0.1, 0.15) is 6.33 Å². The Kier molecular flexibility index (Phi) is 4.72. The Morgan fingerprint density at radius 3 is 2.83 bits per heavy atom. The van der Waals surface area contributed by atoms with Gasteiger partial charge in [-0.2, -0.15) is 10.2 Å². The number of hydrogen-bond acceptors (Lipinski definition) is 4. The number of hydrogen-bond donors (Lipinski definition) is 1. The molecule has 0 amide bonds. The summed E-state index contributed by atoms with van der Waals surface area (Å²) in [5.74, 6) is 0.473. The first-order valence-corrected chi connectivity index (χ1v) is 10.5. The monoisotopic (exact) mass is 399 g/mol. The lowest BCUT2D eigenvalue weighted by atomic mass is 9.89. The quantitative estimate of drug-likeness (QED) is 0.522. The van der Waals surface area contributed by atoms with E-state index < -0.39 is 0 Å². The molecule has 1 saturated heterocycles. The lowest BCUT2D eigenvalue weighted by Crippen LogP contribution is -2.32. The number of piperidine rings is 1. The average Bonchev–Trinajstić information content (AvgIpc) is 3.40. The summed E-state index contributed by atoms with van der Waals surface area (Å²) in [5.41, 5.74) is 7.92. The summed E-state index contributed by atoms with van der Waals surface area (Å²) in [6, 6.07) is 6.71. The van der Waals surface area contributed by atoms with Crippen LogP contribution in [0.1, 0.15) is 42.5 Å². The van der Waals surface area contributed by atoms with Crippen molar-refractivity contribution >= 4 is 16.6 Å². The molecule has 0 spiro atoms. The largest absolute Gasteiger partial charge is 0.299 e. The number of aromatic amines is 1. The van der Waals surface area contributed by atoms with Crippen LogP contribution in [0.3, 0.4) is 0 Å². The van der Waals surface area contributed by atoms with E-state index in [0.717, 1.165) is 54.6 Å². The van der Waals surface area contributed by atoms with Crippen molar-refractivity contribution in [3.63, 3.8) is 0 Å². The molecule has 1 N–H and O–H groups in total. The Morgan fingerprint density at radius 1 is 1.23 bits per heavy atom. The highest BCUT2D eigenvalue weighted by Crippen LogP contribution is 2.35. The smallest absolute Gasteiger partial charge is 0.270 e. The van der Waals surface area contributed by atoms with Gasteiger partial charge >= 0.3 is 0 Å². The van der Waals surface area contributed by atoms with Gasteiger partial charge < -0.3 is 0 Å². The molecule has 4 aromatic rings. The number of benzene rings is 1. The summed E-state index contributed by atoms with van der Waals surface area (Å²) in [6.07, 6.45) is 6.74. The van der Waals surface area contributed by atoms with Crippen LogP contribution in [0.15, 0.2) is 30.7 Å². The molecule has 0 unspecified atom stereocenters. The third kappa shape index (κ3) is 3.14. The van der Waals surface area contributed by atoms with Crippen molar-refractivity contribution in [3.8, 4) is 11.1 Å². The fraction of sp³-hybridized carbons (Fsp3) is 0.391. The molecule has 7 heteroatoms. The van der Waals surface area contributed by atoms with Crippen LogP contribution in [0.4, 0.5) is 0 Å². The van der Waals surface area contributed by atoms with Gasteiger partial charge in [0.2, 0.25) is 0 Å². The summed E-state index contributed by atoms with van der Waals surface area (Å²) in [5, 5.41) is 13.6. The maximum Gasteiger partial charge on any atom is 0.270 e. The molecule has 0 bridgehead atoms. The fourth-order valence-corrected chi connectivity index (χ4v) is 4.70. The van der Waals surface area contributed by atoms with E-state index in [1.54, 1.807) is 6.33 Å². The maximum absolute atomic E-state index is 7.08. The number of nitrogens with zero attached hydrogens (tertiary/aromatic N) is 6. The number of aromatic nitrogens is 5. The molecule has 30 heavy (non-hydrogen) atoms. The van der Waals surface area contributed by atoms with Crippen LogP contribution in [0.25, 0.3) is 32.5 Å². The Morgan fingerprint density at radius 2 is 2.07 bits per heavy atom. The number of fused-ring (bicyclic) bond motifs is 2. The summed E-state index contributed by atoms with van der Waals surface area (Å²) in [7, 11) is 0. The Hall–Kier alpha value is -3.24. The molecule has 0 atom stereocenters. The van der Waals surface area contributed by atoms with Crippen molar-refractivity contribution in [2.75, 3.05) is 19.8 Å². The highest BCUT2D eigenvalue weighted by molar-refractivity contribution is 5.88. The number of H-pyrrole nitrogens is 1. The van der Waals surface area contributed by atoms with E-state index in [4.69, 9.17) is 6.57 Å². The fourth-order valence-electron chi connectivity index (χ4n) is 4.70. The van der Waals surface area contributed by atoms with Crippen LogP contribution in [0.5, 0.6) is 0 Å². The average molecular weight is 400 g/mol. The van der Waals surface area contributed by atoms with Crippen molar-refractivity contribution in [2.24, 2.45) is 0 Å². The predicted octanol–water partition coefficient (Wildman–Crippen LogP) is 4.20. The van der Waals surface area contributed by atoms with Gasteiger partial charge in [-0.3, -0.25) is 9.94 Å². The number of likely N-dealkylation sites (tertiary alicyclic amines) is 1. The maximum atomic E-state index is 7.08. The van der Waals surface area contributed by atoms with Crippen LogP contribution in [0.2, 0.25) is 0 Å². The van der Waals surface area contributed by atoms with Crippen LogP contribution >= 0.6 is 0 Å². The minimum Gasteiger partial charge on any atom is -0.299 e. The number of aryl methyl sites for hydroxylation is 2. The van der Waals surface area contributed by atoms with Crippen LogP contribution in [0, 0.1) is 13.5 Å². The van der Waals surface area contributed by atoms with Gasteiger partial charge in [0.05, 0.1) is 5.52 Å². The number of nitrogens with one attached hydrogen (secondary N) is 1. The zero-order valence-corrected chi connectivity index (χ0v) is 17.4. The summed E-state index contributed by atoms with van der Waals surface area (Å²) in [6.45, 7) is 13.8. The van der Waals surface area contributed by atoms with Crippen molar-refractivity contribution in [3.05, 3.63) is 59.0 Å². The predicted molar refractivity (Wildman–Crippen MR) is 117 cm³/mol. The van der Waals surface area contributed by atoms with E-state index in [1.165, 1.54) is 22.2 Å². The summed E-state index contributed by atoms with van der Waals surface area (Å²) < 4.78 is 1.85. The minimum atomic E-state index is 0.473. The van der Waals surface area contributed by atoms with Crippen LogP contribution < -0.4 is 0 Å². The van der Waals surface area contributed by atoms with Crippen LogP contribution in [-0.2, 0) is 6.42 Å². The van der Waals surface area contributed by atoms with Crippen molar-refractivity contribution in [1.82, 2.24) is 29.7 Å². The molecule has 5 rings (SSSR count). The second-order valence-electron chi connectivity index (χ2n) is 8.15. The molecule has 7 nitrogen and oxygen atoms in total. The molecule has 0 saturated carbocycles. The molecule has 3 aromatic heterocycles. The zero-order chi connectivity index (χ0) is 20.7. The lowest BCUT2D eigenvalue weighted by molar-refractivity contribution is 0.230. The molecule has 1 aliphatic heterocycles. The van der Waals surface area contributed by atoms with Gasteiger partial charge in [0, 0.05) is 41.8 Å². The molecule has 1 aromatic carbocycles. The van der Waals surface area contributed by atoms with Gasteiger partial charge in [-0.05, 0) is 61.1 Å². The van der Waals surface area contributed by atoms with E-state index in [2.05, 4.69) is 68.3 Å². The van der Waals surface area contributed by atoms with E-state index in [-0.39, 0.29) is 0 Å². The van der Waals surface area contributed by atoms with Crippen molar-refractivity contribution in [2.45, 2.75) is 39.0 Å². The second-order valence-corrected chi connectivity index (χ2v) is 8.15.